The molecule has 1 aromatic carbocycles. The van der Waals surface area contributed by atoms with Gasteiger partial charge in [-0.3, -0.25) is 0 Å². The van der Waals surface area contributed by atoms with Crippen LogP contribution in [0.3, 0.4) is 0 Å². The summed E-state index contributed by atoms with van der Waals surface area (Å²) < 4.78 is 11.2. The number of furan rings is 1. The van der Waals surface area contributed by atoms with Gasteiger partial charge in [-0.2, -0.15) is 0 Å². The molecule has 0 aliphatic heterocycles. The number of halogens is 1. The van der Waals surface area contributed by atoms with Gasteiger partial charge in [-0.1, -0.05) is 0 Å². The molecule has 19 heavy (non-hydrogen) atoms. The van der Waals surface area contributed by atoms with Gasteiger partial charge in [0, 0.05) is 17.0 Å². The molecular weight excluding hydrogens is 264 g/mol. The standard InChI is InChI=1S/C15H13ClO3/c1-7-5-12(17)19-15-10(7)4-8(2)14-13(15)9(3)11(6-16)18-14/h4-5H,6H2,1-3H3. The van der Waals surface area contributed by atoms with Gasteiger partial charge < -0.3 is 8.83 Å². The van der Waals surface area contributed by atoms with Crippen molar-refractivity contribution in [3.63, 3.8) is 0 Å². The molecular formula is C15H13ClO3. The molecule has 0 radical (unpaired) electrons. The Morgan fingerprint density at radius 1 is 1.05 bits per heavy atom. The lowest BCUT2D eigenvalue weighted by atomic mass is 10.0. The molecule has 0 bridgehead atoms. The largest absolute Gasteiger partial charge is 0.459 e. The zero-order chi connectivity index (χ0) is 13.7. The average molecular weight is 277 g/mol. The van der Waals surface area contributed by atoms with Crippen molar-refractivity contribution in [3.05, 3.63) is 45.0 Å². The predicted molar refractivity (Wildman–Crippen MR) is 76.0 cm³/mol. The molecule has 0 saturated carbocycles. The highest BCUT2D eigenvalue weighted by atomic mass is 35.5. The average Bonchev–Trinajstić information content (AvgIpc) is 2.69. The van der Waals surface area contributed by atoms with Crippen LogP contribution in [0.25, 0.3) is 21.9 Å². The minimum absolute atomic E-state index is 0.303. The van der Waals surface area contributed by atoms with Crippen molar-refractivity contribution in [2.75, 3.05) is 0 Å². The Kier molecular flexibility index (Phi) is 2.68. The van der Waals surface area contributed by atoms with Crippen molar-refractivity contribution in [2.24, 2.45) is 0 Å². The van der Waals surface area contributed by atoms with Gasteiger partial charge >= 0.3 is 5.63 Å². The maximum Gasteiger partial charge on any atom is 0.336 e. The summed E-state index contributed by atoms with van der Waals surface area (Å²) in [7, 11) is 0. The lowest BCUT2D eigenvalue weighted by Gasteiger charge is -2.04. The summed E-state index contributed by atoms with van der Waals surface area (Å²) in [5, 5.41) is 1.79. The van der Waals surface area contributed by atoms with Gasteiger partial charge in [0.25, 0.3) is 0 Å². The Labute approximate surface area is 114 Å². The molecule has 0 atom stereocenters. The summed E-state index contributed by atoms with van der Waals surface area (Å²) in [6.07, 6.45) is 0. The molecule has 98 valence electrons. The van der Waals surface area contributed by atoms with E-state index in [-0.39, 0.29) is 5.63 Å². The van der Waals surface area contributed by atoms with Gasteiger partial charge in [0.05, 0.1) is 11.3 Å². The summed E-state index contributed by atoms with van der Waals surface area (Å²) in [6, 6.07) is 3.49. The third-order valence-electron chi connectivity index (χ3n) is 3.52. The Morgan fingerprint density at radius 2 is 1.79 bits per heavy atom. The van der Waals surface area contributed by atoms with Crippen molar-refractivity contribution < 1.29 is 8.83 Å². The predicted octanol–water partition coefficient (Wildman–Crippen LogP) is 4.20. The highest BCUT2D eigenvalue weighted by molar-refractivity contribution is 6.17. The highest BCUT2D eigenvalue weighted by Crippen LogP contribution is 2.35. The second kappa shape index (κ2) is 4.14. The quantitative estimate of drug-likeness (QED) is 0.494. The number of rotatable bonds is 1. The van der Waals surface area contributed by atoms with E-state index in [0.29, 0.717) is 11.5 Å². The van der Waals surface area contributed by atoms with E-state index in [9.17, 15) is 4.79 Å². The van der Waals surface area contributed by atoms with Crippen molar-refractivity contribution in [2.45, 2.75) is 26.7 Å². The number of aryl methyl sites for hydroxylation is 3. The van der Waals surface area contributed by atoms with Crippen LogP contribution in [-0.2, 0) is 5.88 Å². The Balaban J connectivity index is 2.65. The Hall–Kier alpha value is -1.74. The number of benzene rings is 1. The zero-order valence-corrected chi connectivity index (χ0v) is 11.7. The van der Waals surface area contributed by atoms with E-state index in [1.165, 1.54) is 6.07 Å². The molecule has 0 N–H and O–H groups in total. The molecule has 0 saturated heterocycles. The van der Waals surface area contributed by atoms with Gasteiger partial charge in [-0.15, -0.1) is 11.6 Å². The second-order valence-corrected chi connectivity index (χ2v) is 5.07. The number of fused-ring (bicyclic) bond motifs is 3. The summed E-state index contributed by atoms with van der Waals surface area (Å²) in [6.45, 7) is 5.82. The first-order chi connectivity index (χ1) is 9.02. The third-order valence-corrected chi connectivity index (χ3v) is 3.76. The fraction of sp³-hybridized carbons (Fsp3) is 0.267. The van der Waals surface area contributed by atoms with Crippen LogP contribution in [-0.4, -0.2) is 0 Å². The van der Waals surface area contributed by atoms with Crippen LogP contribution in [0.5, 0.6) is 0 Å². The van der Waals surface area contributed by atoms with Crippen LogP contribution in [0.15, 0.2) is 25.8 Å². The minimum atomic E-state index is -0.344. The molecule has 2 aromatic heterocycles. The van der Waals surface area contributed by atoms with E-state index in [1.54, 1.807) is 0 Å². The van der Waals surface area contributed by atoms with E-state index in [1.807, 2.05) is 26.8 Å². The number of hydrogen-bond donors (Lipinski definition) is 0. The zero-order valence-electron chi connectivity index (χ0n) is 11.0. The first-order valence-corrected chi connectivity index (χ1v) is 6.58. The smallest absolute Gasteiger partial charge is 0.336 e. The fourth-order valence-corrected chi connectivity index (χ4v) is 2.76. The monoisotopic (exact) mass is 276 g/mol. The van der Waals surface area contributed by atoms with Gasteiger partial charge in [0.15, 0.2) is 0 Å². The summed E-state index contributed by atoms with van der Waals surface area (Å²) in [4.78, 5) is 11.6. The topological polar surface area (TPSA) is 43.4 Å². The minimum Gasteiger partial charge on any atom is -0.459 e. The Morgan fingerprint density at radius 3 is 2.47 bits per heavy atom. The first-order valence-electron chi connectivity index (χ1n) is 6.05. The molecule has 3 aromatic rings. The van der Waals surface area contributed by atoms with Gasteiger partial charge in [-0.05, 0) is 38.0 Å². The molecule has 3 rings (SSSR count). The van der Waals surface area contributed by atoms with E-state index in [2.05, 4.69) is 0 Å². The molecule has 0 aliphatic rings. The second-order valence-electron chi connectivity index (χ2n) is 4.81. The molecule has 2 heterocycles. The number of hydrogen-bond acceptors (Lipinski definition) is 3. The Bertz CT molecular complexity index is 855. The van der Waals surface area contributed by atoms with Crippen molar-refractivity contribution >= 4 is 33.5 Å². The normalized spacial score (nSPS) is 11.6. The SMILES string of the molecule is Cc1cc(=O)oc2c1cc(C)c1oc(CCl)c(C)c12. The summed E-state index contributed by atoms with van der Waals surface area (Å²) >= 11 is 5.88. The van der Waals surface area contributed by atoms with Crippen molar-refractivity contribution in [1.29, 1.82) is 0 Å². The maximum atomic E-state index is 11.6. The number of alkyl halides is 1. The van der Waals surface area contributed by atoms with Gasteiger partial charge in [-0.25, -0.2) is 4.79 Å². The van der Waals surface area contributed by atoms with Gasteiger partial charge in [0.2, 0.25) is 0 Å². The maximum absolute atomic E-state index is 11.6. The molecule has 0 amide bonds. The van der Waals surface area contributed by atoms with E-state index in [4.69, 9.17) is 20.4 Å². The van der Waals surface area contributed by atoms with Crippen LogP contribution >= 0.6 is 11.6 Å². The van der Waals surface area contributed by atoms with Gasteiger partial charge in [0.1, 0.15) is 16.9 Å². The van der Waals surface area contributed by atoms with Crippen LogP contribution in [0.1, 0.15) is 22.5 Å². The van der Waals surface area contributed by atoms with E-state index < -0.39 is 0 Å². The molecule has 0 unspecified atom stereocenters. The van der Waals surface area contributed by atoms with Crippen LogP contribution in [0.2, 0.25) is 0 Å². The fourth-order valence-electron chi connectivity index (χ4n) is 2.50. The lowest BCUT2D eigenvalue weighted by molar-refractivity contribution is 0.559. The summed E-state index contributed by atoms with van der Waals surface area (Å²) in [5.74, 6) is 1.02. The molecule has 4 heteroatoms. The molecule has 3 nitrogen and oxygen atoms in total. The highest BCUT2D eigenvalue weighted by Gasteiger charge is 2.17. The molecule has 0 fully saturated rings. The van der Waals surface area contributed by atoms with E-state index >= 15 is 0 Å². The molecule has 0 aliphatic carbocycles. The summed E-state index contributed by atoms with van der Waals surface area (Å²) in [5.41, 5.74) is 3.84. The first kappa shape index (κ1) is 12.3. The van der Waals surface area contributed by atoms with Crippen LogP contribution < -0.4 is 5.63 Å². The van der Waals surface area contributed by atoms with Crippen molar-refractivity contribution in [3.8, 4) is 0 Å². The third kappa shape index (κ3) is 1.69. The molecule has 0 spiro atoms. The van der Waals surface area contributed by atoms with Crippen LogP contribution in [0.4, 0.5) is 0 Å². The van der Waals surface area contributed by atoms with E-state index in [0.717, 1.165) is 38.8 Å². The lowest BCUT2D eigenvalue weighted by Crippen LogP contribution is -1.98. The van der Waals surface area contributed by atoms with Crippen LogP contribution in [0, 0.1) is 20.8 Å². The van der Waals surface area contributed by atoms with Crippen molar-refractivity contribution in [1.82, 2.24) is 0 Å².